The summed E-state index contributed by atoms with van der Waals surface area (Å²) in [6, 6.07) is 9.64. The van der Waals surface area contributed by atoms with Crippen LogP contribution in [0.4, 0.5) is 5.00 Å². The fraction of sp³-hybridized carbons (Fsp3) is 0.250. The molecule has 2 aromatic rings. The van der Waals surface area contributed by atoms with Crippen LogP contribution in [-0.4, -0.2) is 12.5 Å². The van der Waals surface area contributed by atoms with Crippen LogP contribution in [0.5, 0.6) is 5.75 Å². The van der Waals surface area contributed by atoms with Crippen LogP contribution in [0, 0.1) is 32.1 Å². The van der Waals surface area contributed by atoms with Crippen molar-refractivity contribution in [1.29, 1.82) is 5.26 Å². The number of anilines is 1. The Bertz CT molecular complexity index is 714. The number of hydrogen-bond donors (Lipinski definition) is 1. The lowest BCUT2D eigenvalue weighted by atomic mass is 10.2. The average molecular weight is 300 g/mol. The van der Waals surface area contributed by atoms with E-state index in [9.17, 15) is 4.79 Å². The van der Waals surface area contributed by atoms with Gasteiger partial charge in [-0.25, -0.2) is 0 Å². The molecule has 1 heterocycles. The van der Waals surface area contributed by atoms with Crippen LogP contribution in [0.25, 0.3) is 0 Å². The standard InChI is InChI=1S/C16H16N2O2S/c1-10-5-4-6-13(7-10)20-9-15(19)18-16-14(8-17)11(2)12(3)21-16/h4-7H,9H2,1-3H3,(H,18,19). The molecule has 0 aliphatic heterocycles. The van der Waals surface area contributed by atoms with E-state index in [4.69, 9.17) is 10.00 Å². The molecule has 0 aliphatic rings. The van der Waals surface area contributed by atoms with Gasteiger partial charge in [-0.2, -0.15) is 5.26 Å². The quantitative estimate of drug-likeness (QED) is 0.939. The van der Waals surface area contributed by atoms with E-state index in [1.807, 2.05) is 39.0 Å². The smallest absolute Gasteiger partial charge is 0.262 e. The first-order valence-electron chi connectivity index (χ1n) is 6.50. The molecule has 0 saturated carbocycles. The van der Waals surface area contributed by atoms with Gasteiger partial charge in [0.1, 0.15) is 16.8 Å². The van der Waals surface area contributed by atoms with Gasteiger partial charge in [-0.3, -0.25) is 4.79 Å². The lowest BCUT2D eigenvalue weighted by molar-refractivity contribution is -0.118. The Morgan fingerprint density at radius 1 is 1.38 bits per heavy atom. The molecule has 1 N–H and O–H groups in total. The average Bonchev–Trinajstić information content (AvgIpc) is 2.71. The van der Waals surface area contributed by atoms with Gasteiger partial charge in [0, 0.05) is 4.88 Å². The molecule has 0 unspecified atom stereocenters. The lowest BCUT2D eigenvalue weighted by Gasteiger charge is -2.07. The van der Waals surface area contributed by atoms with Gasteiger partial charge >= 0.3 is 0 Å². The van der Waals surface area contributed by atoms with E-state index in [1.54, 1.807) is 6.07 Å². The molecule has 1 amide bonds. The first-order chi connectivity index (χ1) is 10.0. The Balaban J connectivity index is 2.00. The van der Waals surface area contributed by atoms with Crippen molar-refractivity contribution >= 4 is 22.2 Å². The van der Waals surface area contributed by atoms with Crippen molar-refractivity contribution in [3.05, 3.63) is 45.8 Å². The molecule has 0 aliphatic carbocycles. The van der Waals surface area contributed by atoms with Crippen LogP contribution < -0.4 is 10.1 Å². The summed E-state index contributed by atoms with van der Waals surface area (Å²) >= 11 is 1.41. The van der Waals surface area contributed by atoms with Crippen LogP contribution in [-0.2, 0) is 4.79 Å². The SMILES string of the molecule is Cc1cccc(OCC(=O)Nc2sc(C)c(C)c2C#N)c1. The molecule has 0 bridgehead atoms. The Labute approximate surface area is 128 Å². The molecule has 0 spiro atoms. The molecule has 4 nitrogen and oxygen atoms in total. The van der Waals surface area contributed by atoms with Crippen LogP contribution >= 0.6 is 11.3 Å². The molecule has 0 saturated heterocycles. The molecule has 2 rings (SSSR count). The maximum Gasteiger partial charge on any atom is 0.262 e. The molecule has 0 fully saturated rings. The Morgan fingerprint density at radius 2 is 2.14 bits per heavy atom. The summed E-state index contributed by atoms with van der Waals surface area (Å²) in [5.74, 6) is 0.387. The summed E-state index contributed by atoms with van der Waals surface area (Å²) in [7, 11) is 0. The predicted molar refractivity (Wildman–Crippen MR) is 83.8 cm³/mol. The number of carbonyl (C=O) groups is 1. The van der Waals surface area contributed by atoms with Crippen LogP contribution in [0.1, 0.15) is 21.6 Å². The van der Waals surface area contributed by atoms with Gasteiger partial charge in [-0.15, -0.1) is 11.3 Å². The Morgan fingerprint density at radius 3 is 2.81 bits per heavy atom. The molecule has 21 heavy (non-hydrogen) atoms. The zero-order chi connectivity index (χ0) is 15.4. The minimum Gasteiger partial charge on any atom is -0.484 e. The molecular formula is C16H16N2O2S. The molecule has 5 heteroatoms. The molecular weight excluding hydrogens is 284 g/mol. The van der Waals surface area contributed by atoms with Gasteiger partial charge in [0.05, 0.1) is 5.56 Å². The lowest BCUT2D eigenvalue weighted by Crippen LogP contribution is -2.20. The summed E-state index contributed by atoms with van der Waals surface area (Å²) in [4.78, 5) is 12.9. The summed E-state index contributed by atoms with van der Waals surface area (Å²) in [5.41, 5.74) is 2.52. The van der Waals surface area contributed by atoms with E-state index in [1.165, 1.54) is 11.3 Å². The summed E-state index contributed by atoms with van der Waals surface area (Å²) in [5, 5.41) is 12.5. The first-order valence-corrected chi connectivity index (χ1v) is 7.32. The number of nitriles is 1. The fourth-order valence-corrected chi connectivity index (χ4v) is 2.89. The molecule has 0 radical (unpaired) electrons. The van der Waals surface area contributed by atoms with Gasteiger partial charge in [-0.05, 0) is 44.0 Å². The number of benzene rings is 1. The van der Waals surface area contributed by atoms with Gasteiger partial charge in [-0.1, -0.05) is 12.1 Å². The van der Waals surface area contributed by atoms with E-state index in [2.05, 4.69) is 11.4 Å². The maximum atomic E-state index is 11.9. The number of ether oxygens (including phenoxy) is 1. The van der Waals surface area contributed by atoms with E-state index in [0.29, 0.717) is 16.3 Å². The summed E-state index contributed by atoms with van der Waals surface area (Å²) in [6.07, 6.45) is 0. The van der Waals surface area contributed by atoms with Crippen molar-refractivity contribution in [2.45, 2.75) is 20.8 Å². The van der Waals surface area contributed by atoms with Crippen molar-refractivity contribution in [3.8, 4) is 11.8 Å². The summed E-state index contributed by atoms with van der Waals surface area (Å²) in [6.45, 7) is 5.69. The highest BCUT2D eigenvalue weighted by Gasteiger charge is 2.14. The van der Waals surface area contributed by atoms with E-state index >= 15 is 0 Å². The highest BCUT2D eigenvalue weighted by atomic mass is 32.1. The van der Waals surface area contributed by atoms with Crippen LogP contribution in [0.2, 0.25) is 0 Å². The number of amides is 1. The topological polar surface area (TPSA) is 62.1 Å². The van der Waals surface area contributed by atoms with Gasteiger partial charge in [0.15, 0.2) is 6.61 Å². The van der Waals surface area contributed by atoms with E-state index < -0.39 is 0 Å². The minimum atomic E-state index is -0.269. The second-order valence-electron chi connectivity index (χ2n) is 4.75. The maximum absolute atomic E-state index is 11.9. The molecule has 0 atom stereocenters. The first kappa shape index (κ1) is 15.1. The van der Waals surface area contributed by atoms with Crippen molar-refractivity contribution in [1.82, 2.24) is 0 Å². The van der Waals surface area contributed by atoms with E-state index in [-0.39, 0.29) is 12.5 Å². The van der Waals surface area contributed by atoms with Crippen molar-refractivity contribution in [2.75, 3.05) is 11.9 Å². The van der Waals surface area contributed by atoms with Crippen LogP contribution in [0.15, 0.2) is 24.3 Å². The van der Waals surface area contributed by atoms with Gasteiger partial charge in [0.25, 0.3) is 5.91 Å². The zero-order valence-corrected chi connectivity index (χ0v) is 13.0. The monoisotopic (exact) mass is 300 g/mol. The highest BCUT2D eigenvalue weighted by molar-refractivity contribution is 7.16. The van der Waals surface area contributed by atoms with Crippen LogP contribution in [0.3, 0.4) is 0 Å². The normalized spacial score (nSPS) is 10.0. The third-order valence-corrected chi connectivity index (χ3v) is 4.23. The number of nitrogens with zero attached hydrogens (tertiary/aromatic N) is 1. The fourth-order valence-electron chi connectivity index (χ4n) is 1.87. The predicted octanol–water partition coefficient (Wildman–Crippen LogP) is 3.56. The third-order valence-electron chi connectivity index (χ3n) is 3.11. The number of nitrogens with one attached hydrogen (secondary N) is 1. The van der Waals surface area contributed by atoms with E-state index in [0.717, 1.165) is 16.0 Å². The number of aryl methyl sites for hydroxylation is 2. The van der Waals surface area contributed by atoms with Gasteiger partial charge in [0.2, 0.25) is 0 Å². The number of carbonyl (C=O) groups excluding carboxylic acids is 1. The van der Waals surface area contributed by atoms with Gasteiger partial charge < -0.3 is 10.1 Å². The molecule has 1 aromatic carbocycles. The van der Waals surface area contributed by atoms with Crippen molar-refractivity contribution < 1.29 is 9.53 Å². The second kappa shape index (κ2) is 6.42. The largest absolute Gasteiger partial charge is 0.484 e. The number of thiophene rings is 1. The Hall–Kier alpha value is -2.32. The number of hydrogen-bond acceptors (Lipinski definition) is 4. The Kier molecular flexibility index (Phi) is 4.61. The minimum absolute atomic E-state index is 0.0791. The third kappa shape index (κ3) is 3.61. The van der Waals surface area contributed by atoms with Crippen molar-refractivity contribution in [3.63, 3.8) is 0 Å². The zero-order valence-electron chi connectivity index (χ0n) is 12.2. The molecule has 1 aromatic heterocycles. The summed E-state index contributed by atoms with van der Waals surface area (Å²) < 4.78 is 5.44. The second-order valence-corrected chi connectivity index (χ2v) is 5.98. The highest BCUT2D eigenvalue weighted by Crippen LogP contribution is 2.31. The number of rotatable bonds is 4. The van der Waals surface area contributed by atoms with Crippen molar-refractivity contribution in [2.24, 2.45) is 0 Å². The molecule has 108 valence electrons.